The van der Waals surface area contributed by atoms with E-state index in [9.17, 15) is 9.59 Å². The molecule has 0 heterocycles. The Kier molecular flexibility index (Phi) is 4.52. The highest BCUT2D eigenvalue weighted by Crippen LogP contribution is 2.23. The molecule has 118 valence electrons. The van der Waals surface area contributed by atoms with Crippen LogP contribution >= 0.6 is 0 Å². The van der Waals surface area contributed by atoms with Gasteiger partial charge < -0.3 is 5.73 Å². The topological polar surface area (TPSA) is 60.2 Å². The zero-order chi connectivity index (χ0) is 16.9. The Bertz CT molecular complexity index is 885. The summed E-state index contributed by atoms with van der Waals surface area (Å²) < 4.78 is 0. The van der Waals surface area contributed by atoms with E-state index in [-0.39, 0.29) is 11.5 Å². The van der Waals surface area contributed by atoms with E-state index < -0.39 is 0 Å². The molecule has 0 unspecified atom stereocenters. The van der Waals surface area contributed by atoms with E-state index in [2.05, 4.69) is 0 Å². The monoisotopic (exact) mass is 315 g/mol. The second-order valence-electron chi connectivity index (χ2n) is 5.57. The van der Waals surface area contributed by atoms with E-state index in [0.717, 1.165) is 11.1 Å². The number of carbonyl (C=O) groups excluding carboxylic acids is 2. The Morgan fingerprint density at radius 1 is 0.833 bits per heavy atom. The van der Waals surface area contributed by atoms with Crippen molar-refractivity contribution < 1.29 is 9.59 Å². The molecule has 0 radical (unpaired) electrons. The average Bonchev–Trinajstić information content (AvgIpc) is 2.63. The summed E-state index contributed by atoms with van der Waals surface area (Å²) in [5, 5.41) is 0. The quantitative estimate of drug-likeness (QED) is 0.441. The van der Waals surface area contributed by atoms with Crippen LogP contribution in [0.3, 0.4) is 0 Å². The van der Waals surface area contributed by atoms with Crippen LogP contribution in [0.2, 0.25) is 0 Å². The molecular formula is C21H17NO2. The van der Waals surface area contributed by atoms with E-state index in [1.54, 1.807) is 24.3 Å². The molecule has 0 saturated heterocycles. The van der Waals surface area contributed by atoms with Crippen molar-refractivity contribution in [3.05, 3.63) is 101 Å². The Hall–Kier alpha value is -3.20. The maximum Gasteiger partial charge on any atom is 0.195 e. The fourth-order valence-corrected chi connectivity index (χ4v) is 2.74. The lowest BCUT2D eigenvalue weighted by Gasteiger charge is -2.11. The van der Waals surface area contributed by atoms with Crippen LogP contribution in [0, 0.1) is 0 Å². The number of hydrogen-bond acceptors (Lipinski definition) is 3. The summed E-state index contributed by atoms with van der Waals surface area (Å²) in [6.45, 7) is 0. The van der Waals surface area contributed by atoms with Crippen molar-refractivity contribution in [2.45, 2.75) is 6.42 Å². The molecule has 0 fully saturated rings. The van der Waals surface area contributed by atoms with Crippen molar-refractivity contribution in [3.8, 4) is 0 Å². The molecule has 3 aromatic rings. The first-order chi connectivity index (χ1) is 11.7. The number of para-hydroxylation sites is 1. The molecule has 3 heteroatoms. The summed E-state index contributed by atoms with van der Waals surface area (Å²) in [4.78, 5) is 24.0. The highest BCUT2D eigenvalue weighted by Gasteiger charge is 2.17. The highest BCUT2D eigenvalue weighted by atomic mass is 16.1. The third-order valence-corrected chi connectivity index (χ3v) is 4.01. The summed E-state index contributed by atoms with van der Waals surface area (Å²) in [5.41, 5.74) is 9.58. The van der Waals surface area contributed by atoms with Gasteiger partial charge in [-0.2, -0.15) is 0 Å². The lowest BCUT2D eigenvalue weighted by molar-refractivity contribution is 0.103. The zero-order valence-corrected chi connectivity index (χ0v) is 13.1. The first-order valence-electron chi connectivity index (χ1n) is 7.71. The normalized spacial score (nSPS) is 10.3. The second kappa shape index (κ2) is 6.92. The van der Waals surface area contributed by atoms with Crippen molar-refractivity contribution in [1.82, 2.24) is 0 Å². The van der Waals surface area contributed by atoms with Gasteiger partial charge in [-0.15, -0.1) is 0 Å². The predicted molar refractivity (Wildman–Crippen MR) is 95.4 cm³/mol. The van der Waals surface area contributed by atoms with Crippen LogP contribution in [0.5, 0.6) is 0 Å². The first-order valence-corrected chi connectivity index (χ1v) is 7.71. The van der Waals surface area contributed by atoms with Gasteiger partial charge >= 0.3 is 0 Å². The lowest BCUT2D eigenvalue weighted by atomic mass is 9.93. The Morgan fingerprint density at radius 3 is 2.25 bits per heavy atom. The number of benzene rings is 3. The van der Waals surface area contributed by atoms with Gasteiger partial charge in [0.2, 0.25) is 0 Å². The van der Waals surface area contributed by atoms with Gasteiger partial charge in [0.25, 0.3) is 0 Å². The summed E-state index contributed by atoms with van der Waals surface area (Å²) in [7, 11) is 0. The van der Waals surface area contributed by atoms with Gasteiger partial charge in [0.05, 0.1) is 5.69 Å². The molecule has 0 saturated carbocycles. The van der Waals surface area contributed by atoms with Crippen LogP contribution in [-0.4, -0.2) is 12.1 Å². The van der Waals surface area contributed by atoms with E-state index in [1.807, 2.05) is 48.5 Å². The van der Waals surface area contributed by atoms with Gasteiger partial charge in [-0.3, -0.25) is 9.59 Å². The van der Waals surface area contributed by atoms with Crippen LogP contribution < -0.4 is 5.73 Å². The molecule has 3 aromatic carbocycles. The van der Waals surface area contributed by atoms with E-state index in [0.29, 0.717) is 29.4 Å². The molecule has 0 amide bonds. The number of hydrogen-bond donors (Lipinski definition) is 1. The molecule has 0 aliphatic rings. The smallest absolute Gasteiger partial charge is 0.195 e. The minimum absolute atomic E-state index is 0.164. The summed E-state index contributed by atoms with van der Waals surface area (Å²) >= 11 is 0. The molecule has 24 heavy (non-hydrogen) atoms. The molecular weight excluding hydrogens is 298 g/mol. The predicted octanol–water partition coefficient (Wildman–Crippen LogP) is 3.90. The van der Waals surface area contributed by atoms with Gasteiger partial charge in [0, 0.05) is 16.7 Å². The van der Waals surface area contributed by atoms with Crippen molar-refractivity contribution in [2.24, 2.45) is 0 Å². The maximum absolute atomic E-state index is 13.0. The zero-order valence-electron chi connectivity index (χ0n) is 13.1. The van der Waals surface area contributed by atoms with Crippen LogP contribution in [0.15, 0.2) is 72.8 Å². The Balaban J connectivity index is 2.01. The first kappa shape index (κ1) is 15.7. The van der Waals surface area contributed by atoms with Crippen molar-refractivity contribution in [2.75, 3.05) is 5.73 Å². The third-order valence-electron chi connectivity index (χ3n) is 4.01. The number of ketones is 1. The van der Waals surface area contributed by atoms with E-state index in [4.69, 9.17) is 5.73 Å². The number of anilines is 1. The van der Waals surface area contributed by atoms with E-state index in [1.165, 1.54) is 0 Å². The van der Waals surface area contributed by atoms with Crippen molar-refractivity contribution in [3.63, 3.8) is 0 Å². The van der Waals surface area contributed by atoms with E-state index >= 15 is 0 Å². The molecule has 0 aromatic heterocycles. The average molecular weight is 315 g/mol. The lowest BCUT2D eigenvalue weighted by Crippen LogP contribution is -2.10. The number of aldehydes is 1. The van der Waals surface area contributed by atoms with Gasteiger partial charge in [-0.25, -0.2) is 0 Å². The number of nitrogen functional groups attached to an aromatic ring is 1. The van der Waals surface area contributed by atoms with Crippen LogP contribution in [0.4, 0.5) is 5.69 Å². The number of nitrogens with two attached hydrogens (primary N) is 1. The molecule has 3 nitrogen and oxygen atoms in total. The van der Waals surface area contributed by atoms with Gasteiger partial charge in [0.15, 0.2) is 12.1 Å². The molecule has 2 N–H and O–H groups in total. The SMILES string of the molecule is Nc1c(C=O)cccc1C(=O)c1ccccc1Cc1ccccc1. The van der Waals surface area contributed by atoms with Gasteiger partial charge in [-0.1, -0.05) is 60.7 Å². The molecule has 0 atom stereocenters. The second-order valence-corrected chi connectivity index (χ2v) is 5.57. The summed E-state index contributed by atoms with van der Waals surface area (Å²) in [5.74, 6) is -0.164. The van der Waals surface area contributed by atoms with Crippen LogP contribution in [0.1, 0.15) is 37.4 Å². The van der Waals surface area contributed by atoms with Crippen molar-refractivity contribution >= 4 is 17.8 Å². The number of carbonyl (C=O) groups is 2. The van der Waals surface area contributed by atoms with Gasteiger partial charge in [-0.05, 0) is 29.7 Å². The fraction of sp³-hybridized carbons (Fsp3) is 0.0476. The standard InChI is InChI=1S/C21H17NO2/c22-20-17(14-23)10-6-12-19(20)21(24)18-11-5-4-9-16(18)13-15-7-2-1-3-8-15/h1-12,14H,13,22H2. The largest absolute Gasteiger partial charge is 0.398 e. The van der Waals surface area contributed by atoms with Crippen LogP contribution in [-0.2, 0) is 6.42 Å². The highest BCUT2D eigenvalue weighted by molar-refractivity contribution is 6.14. The minimum Gasteiger partial charge on any atom is -0.398 e. The Labute approximate surface area is 140 Å². The third kappa shape index (κ3) is 3.10. The number of rotatable bonds is 5. The molecule has 3 rings (SSSR count). The summed E-state index contributed by atoms with van der Waals surface area (Å²) in [6.07, 6.45) is 1.33. The van der Waals surface area contributed by atoms with Crippen LogP contribution in [0.25, 0.3) is 0 Å². The van der Waals surface area contributed by atoms with Crippen molar-refractivity contribution in [1.29, 1.82) is 0 Å². The maximum atomic E-state index is 13.0. The van der Waals surface area contributed by atoms with Gasteiger partial charge in [0.1, 0.15) is 0 Å². The minimum atomic E-state index is -0.164. The molecule has 0 bridgehead atoms. The molecule has 0 aliphatic carbocycles. The fourth-order valence-electron chi connectivity index (χ4n) is 2.74. The Morgan fingerprint density at radius 2 is 1.50 bits per heavy atom. The molecule has 0 spiro atoms. The molecule has 0 aliphatic heterocycles. The summed E-state index contributed by atoms with van der Waals surface area (Å²) in [6, 6.07) is 22.4.